The maximum Gasteiger partial charge on any atom is 0.330 e. The largest absolute Gasteiger partial charge is 0.462 e. The molecule has 0 spiro atoms. The summed E-state index contributed by atoms with van der Waals surface area (Å²) in [6, 6.07) is 9.58. The van der Waals surface area contributed by atoms with Crippen LogP contribution in [-0.2, 0) is 9.53 Å². The van der Waals surface area contributed by atoms with Gasteiger partial charge in [-0.05, 0) is 24.5 Å². The van der Waals surface area contributed by atoms with Gasteiger partial charge in [-0.2, -0.15) is 0 Å². The highest BCUT2D eigenvalue weighted by molar-refractivity contribution is 5.87. The molecule has 1 saturated carbocycles. The van der Waals surface area contributed by atoms with E-state index in [0.717, 1.165) is 18.4 Å². The number of benzene rings is 1. The molecule has 0 aliphatic heterocycles. The number of carbonyl (C=O) groups is 1. The first-order chi connectivity index (χ1) is 8.24. The van der Waals surface area contributed by atoms with Crippen LogP contribution >= 0.6 is 0 Å². The van der Waals surface area contributed by atoms with Crippen LogP contribution in [0.1, 0.15) is 18.4 Å². The molecule has 3 nitrogen and oxygen atoms in total. The fourth-order valence-electron chi connectivity index (χ4n) is 1.53. The predicted octanol–water partition coefficient (Wildman–Crippen LogP) is 2.02. The Morgan fingerprint density at radius 3 is 2.65 bits per heavy atom. The molecular weight excluding hydrogens is 216 g/mol. The summed E-state index contributed by atoms with van der Waals surface area (Å²) >= 11 is 0. The van der Waals surface area contributed by atoms with Crippen molar-refractivity contribution in [3.8, 4) is 0 Å². The molecule has 1 aliphatic carbocycles. The topological polar surface area (TPSA) is 46.5 Å². The third-order valence-electron chi connectivity index (χ3n) is 3.02. The van der Waals surface area contributed by atoms with Gasteiger partial charge in [-0.15, -0.1) is 0 Å². The van der Waals surface area contributed by atoms with Gasteiger partial charge in [0.2, 0.25) is 0 Å². The van der Waals surface area contributed by atoms with Crippen molar-refractivity contribution < 1.29 is 14.6 Å². The molecule has 3 heteroatoms. The quantitative estimate of drug-likeness (QED) is 0.624. The lowest BCUT2D eigenvalue weighted by atomic mass is 10.1. The molecule has 0 radical (unpaired) electrons. The van der Waals surface area contributed by atoms with Gasteiger partial charge in [-0.3, -0.25) is 0 Å². The summed E-state index contributed by atoms with van der Waals surface area (Å²) < 4.78 is 5.10. The lowest BCUT2D eigenvalue weighted by Crippen LogP contribution is -2.17. The molecule has 0 heterocycles. The molecule has 1 aromatic rings. The predicted molar refractivity (Wildman–Crippen MR) is 65.2 cm³/mol. The van der Waals surface area contributed by atoms with Gasteiger partial charge in [0.1, 0.15) is 0 Å². The molecule has 0 amide bonds. The standard InChI is InChI=1S/C14H16O3/c15-10-14(8-9-14)11-17-13(16)7-6-12-4-2-1-3-5-12/h1-7,15H,8-11H2. The van der Waals surface area contributed by atoms with E-state index in [1.165, 1.54) is 6.08 Å². The Bertz CT molecular complexity index is 405. The number of carbonyl (C=O) groups excluding carboxylic acids is 1. The van der Waals surface area contributed by atoms with Crippen LogP contribution in [0.25, 0.3) is 6.08 Å². The van der Waals surface area contributed by atoms with Gasteiger partial charge in [0, 0.05) is 11.5 Å². The van der Waals surface area contributed by atoms with E-state index in [-0.39, 0.29) is 18.0 Å². The fourth-order valence-corrected chi connectivity index (χ4v) is 1.53. The summed E-state index contributed by atoms with van der Waals surface area (Å²) in [6.07, 6.45) is 5.03. The molecule has 90 valence electrons. The second-order valence-electron chi connectivity index (χ2n) is 4.51. The van der Waals surface area contributed by atoms with Crippen LogP contribution in [0.3, 0.4) is 0 Å². The molecule has 17 heavy (non-hydrogen) atoms. The second-order valence-corrected chi connectivity index (χ2v) is 4.51. The van der Waals surface area contributed by atoms with Gasteiger partial charge < -0.3 is 9.84 Å². The average Bonchev–Trinajstić information content (AvgIpc) is 3.16. The van der Waals surface area contributed by atoms with Crippen LogP contribution in [0.2, 0.25) is 0 Å². The van der Waals surface area contributed by atoms with E-state index in [9.17, 15) is 4.79 Å². The lowest BCUT2D eigenvalue weighted by molar-refractivity contribution is -0.139. The smallest absolute Gasteiger partial charge is 0.330 e. The van der Waals surface area contributed by atoms with Crippen LogP contribution in [0, 0.1) is 5.41 Å². The van der Waals surface area contributed by atoms with Crippen LogP contribution in [0.5, 0.6) is 0 Å². The minimum absolute atomic E-state index is 0.0999. The van der Waals surface area contributed by atoms with Gasteiger partial charge in [0.25, 0.3) is 0 Å². The first-order valence-electron chi connectivity index (χ1n) is 5.75. The SMILES string of the molecule is O=C(C=Cc1ccccc1)OCC1(CO)CC1. The first-order valence-corrected chi connectivity index (χ1v) is 5.75. The zero-order valence-corrected chi connectivity index (χ0v) is 9.63. The summed E-state index contributed by atoms with van der Waals surface area (Å²) in [7, 11) is 0. The Morgan fingerprint density at radius 1 is 1.35 bits per heavy atom. The molecule has 0 atom stereocenters. The Labute approximate surface area is 101 Å². The van der Waals surface area contributed by atoms with Crippen LogP contribution < -0.4 is 0 Å². The van der Waals surface area contributed by atoms with Gasteiger partial charge >= 0.3 is 5.97 Å². The van der Waals surface area contributed by atoms with Crippen molar-refractivity contribution in [3.63, 3.8) is 0 Å². The van der Waals surface area contributed by atoms with Crippen LogP contribution in [0.15, 0.2) is 36.4 Å². The van der Waals surface area contributed by atoms with Crippen LogP contribution in [0.4, 0.5) is 0 Å². The maximum absolute atomic E-state index is 11.4. The van der Waals surface area contributed by atoms with Crippen molar-refractivity contribution in [2.24, 2.45) is 5.41 Å². The van der Waals surface area contributed by atoms with Crippen LogP contribution in [-0.4, -0.2) is 24.3 Å². The van der Waals surface area contributed by atoms with Crippen molar-refractivity contribution in [3.05, 3.63) is 42.0 Å². The highest BCUT2D eigenvalue weighted by Crippen LogP contribution is 2.45. The van der Waals surface area contributed by atoms with Gasteiger partial charge in [-0.1, -0.05) is 30.3 Å². The fraction of sp³-hybridized carbons (Fsp3) is 0.357. The van der Waals surface area contributed by atoms with E-state index >= 15 is 0 Å². The van der Waals surface area contributed by atoms with Gasteiger partial charge in [-0.25, -0.2) is 4.79 Å². The molecule has 1 aromatic carbocycles. The monoisotopic (exact) mass is 232 g/mol. The Hall–Kier alpha value is -1.61. The number of ether oxygens (including phenoxy) is 1. The number of hydrogen-bond donors (Lipinski definition) is 1. The summed E-state index contributed by atoms with van der Waals surface area (Å²) in [4.78, 5) is 11.4. The van der Waals surface area contributed by atoms with E-state index in [2.05, 4.69) is 0 Å². The molecule has 1 aliphatic rings. The molecular formula is C14H16O3. The number of rotatable bonds is 5. The highest BCUT2D eigenvalue weighted by Gasteiger charge is 2.43. The lowest BCUT2D eigenvalue weighted by Gasteiger charge is -2.10. The minimum Gasteiger partial charge on any atom is -0.462 e. The average molecular weight is 232 g/mol. The summed E-state index contributed by atoms with van der Waals surface area (Å²) in [5, 5.41) is 9.07. The molecule has 1 fully saturated rings. The molecule has 0 saturated heterocycles. The van der Waals surface area contributed by atoms with Gasteiger partial charge in [0.15, 0.2) is 0 Å². The zero-order valence-electron chi connectivity index (χ0n) is 9.63. The molecule has 0 aromatic heterocycles. The van der Waals surface area contributed by atoms with Crippen molar-refractivity contribution in [1.82, 2.24) is 0 Å². The zero-order chi connectivity index (χ0) is 12.1. The molecule has 1 N–H and O–H groups in total. The van der Waals surface area contributed by atoms with Crippen molar-refractivity contribution in [2.75, 3.05) is 13.2 Å². The normalized spacial score (nSPS) is 17.0. The van der Waals surface area contributed by atoms with E-state index in [1.807, 2.05) is 30.3 Å². The van der Waals surface area contributed by atoms with Gasteiger partial charge in [0.05, 0.1) is 13.2 Å². The van der Waals surface area contributed by atoms with Crippen molar-refractivity contribution in [2.45, 2.75) is 12.8 Å². The number of esters is 1. The molecule has 0 bridgehead atoms. The number of aliphatic hydroxyl groups excluding tert-OH is 1. The summed E-state index contributed by atoms with van der Waals surface area (Å²) in [5.74, 6) is -0.353. The third kappa shape index (κ3) is 3.43. The van der Waals surface area contributed by atoms with E-state index in [4.69, 9.17) is 9.84 Å². The maximum atomic E-state index is 11.4. The number of hydrogen-bond acceptors (Lipinski definition) is 3. The van der Waals surface area contributed by atoms with Crippen molar-refractivity contribution >= 4 is 12.0 Å². The Balaban J connectivity index is 1.79. The van der Waals surface area contributed by atoms with Crippen molar-refractivity contribution in [1.29, 1.82) is 0 Å². The Kier molecular flexibility index (Phi) is 3.59. The molecule has 0 unspecified atom stereocenters. The minimum atomic E-state index is -0.353. The molecule has 2 rings (SSSR count). The van der Waals surface area contributed by atoms with E-state index in [0.29, 0.717) is 6.61 Å². The summed E-state index contributed by atoms with van der Waals surface area (Å²) in [5.41, 5.74) is 0.823. The number of aliphatic hydroxyl groups is 1. The summed E-state index contributed by atoms with van der Waals surface area (Å²) in [6.45, 7) is 0.421. The first kappa shape index (κ1) is 11.9. The van der Waals surface area contributed by atoms with E-state index in [1.54, 1.807) is 6.08 Å². The highest BCUT2D eigenvalue weighted by atomic mass is 16.5. The Morgan fingerprint density at radius 2 is 2.06 bits per heavy atom. The third-order valence-corrected chi connectivity index (χ3v) is 3.02. The second kappa shape index (κ2) is 5.15. The van der Waals surface area contributed by atoms with E-state index < -0.39 is 0 Å².